The number of rotatable bonds is 8. The van der Waals surface area contributed by atoms with E-state index in [4.69, 9.17) is 14.2 Å². The van der Waals surface area contributed by atoms with Gasteiger partial charge in [0, 0.05) is 0 Å². The summed E-state index contributed by atoms with van der Waals surface area (Å²) in [4.78, 5) is 36.2. The van der Waals surface area contributed by atoms with E-state index in [0.29, 0.717) is 0 Å². The van der Waals surface area contributed by atoms with Crippen molar-refractivity contribution in [3.05, 3.63) is 42.0 Å². The van der Waals surface area contributed by atoms with Gasteiger partial charge in [-0.25, -0.2) is 9.59 Å². The molecule has 27 heavy (non-hydrogen) atoms. The maximum Gasteiger partial charge on any atom is 0.340 e. The Morgan fingerprint density at radius 3 is 2.11 bits per heavy atom. The molecule has 0 spiro atoms. The molecule has 0 heterocycles. The van der Waals surface area contributed by atoms with Crippen molar-refractivity contribution in [1.82, 2.24) is 5.32 Å². The Bertz CT molecular complexity index is 814. The number of methoxy groups -OCH3 is 1. The van der Waals surface area contributed by atoms with E-state index in [1.54, 1.807) is 21.0 Å². The summed E-state index contributed by atoms with van der Waals surface area (Å²) in [5.41, 5.74) is 0.747. The second-order valence-electron chi connectivity index (χ2n) is 5.73. The number of esters is 2. The normalized spacial score (nSPS) is 10.5. The number of hydrogen-bond donors (Lipinski definition) is 1. The molecular weight excluding hydrogens is 350 g/mol. The molecule has 2 aromatic rings. The topological polar surface area (TPSA) is 90.9 Å². The van der Waals surface area contributed by atoms with Crippen molar-refractivity contribution in [3.8, 4) is 5.75 Å². The highest BCUT2D eigenvalue weighted by Gasteiger charge is 2.31. The summed E-state index contributed by atoms with van der Waals surface area (Å²) in [5.74, 6) is -1.40. The molecule has 0 radical (unpaired) electrons. The number of carbonyl (C=O) groups is 3. The van der Waals surface area contributed by atoms with Gasteiger partial charge in [0.05, 0.1) is 26.7 Å². The lowest BCUT2D eigenvalue weighted by Crippen LogP contribution is -2.48. The van der Waals surface area contributed by atoms with Gasteiger partial charge < -0.3 is 19.5 Å². The van der Waals surface area contributed by atoms with Crippen LogP contribution in [0.5, 0.6) is 5.75 Å². The van der Waals surface area contributed by atoms with Crippen LogP contribution in [0.1, 0.15) is 19.4 Å². The van der Waals surface area contributed by atoms with Gasteiger partial charge in [-0.05, 0) is 42.3 Å². The zero-order valence-electron chi connectivity index (χ0n) is 15.6. The summed E-state index contributed by atoms with van der Waals surface area (Å²) in [5, 5.41) is 4.33. The molecule has 0 atom stereocenters. The minimum Gasteiger partial charge on any atom is -0.497 e. The number of hydrogen-bond acceptors (Lipinski definition) is 6. The van der Waals surface area contributed by atoms with Crippen LogP contribution in [0, 0.1) is 0 Å². The van der Waals surface area contributed by atoms with Crippen molar-refractivity contribution in [1.29, 1.82) is 0 Å². The maximum absolute atomic E-state index is 12.3. The lowest BCUT2D eigenvalue weighted by atomic mass is 10.0. The van der Waals surface area contributed by atoms with Crippen molar-refractivity contribution < 1.29 is 28.6 Å². The highest BCUT2D eigenvalue weighted by atomic mass is 16.6. The van der Waals surface area contributed by atoms with Gasteiger partial charge in [0.15, 0.2) is 0 Å². The summed E-state index contributed by atoms with van der Waals surface area (Å²) in [6.45, 7) is 3.43. The molecule has 0 saturated carbocycles. The molecule has 2 aromatic carbocycles. The molecule has 1 N–H and O–H groups in total. The highest BCUT2D eigenvalue weighted by molar-refractivity contribution is 6.02. The number of amides is 1. The van der Waals surface area contributed by atoms with Crippen LogP contribution in [-0.2, 0) is 30.3 Å². The largest absolute Gasteiger partial charge is 0.497 e. The minimum absolute atomic E-state index is 0.0112. The minimum atomic E-state index is -1.47. The average Bonchev–Trinajstić information content (AvgIpc) is 2.66. The molecule has 0 saturated heterocycles. The van der Waals surface area contributed by atoms with Crippen molar-refractivity contribution >= 4 is 28.6 Å². The highest BCUT2D eigenvalue weighted by Crippen LogP contribution is 2.22. The van der Waals surface area contributed by atoms with E-state index >= 15 is 0 Å². The molecule has 0 fully saturated rings. The standard InChI is InChI=1S/C20H23NO6/c1-4-26-19(23)18(20(24)27-5-2)21-17(22)11-13-6-7-15-12-16(25-3)9-8-14(15)10-13/h6-10,12,18H,4-5,11H2,1-3H3,(H,21,22). The van der Waals surface area contributed by atoms with Gasteiger partial charge in [-0.1, -0.05) is 24.3 Å². The summed E-state index contributed by atoms with van der Waals surface area (Å²) >= 11 is 0. The molecular formula is C20H23NO6. The lowest BCUT2D eigenvalue weighted by molar-refractivity contribution is -0.159. The number of nitrogens with one attached hydrogen (secondary N) is 1. The predicted octanol–water partition coefficient (Wildman–Crippen LogP) is 2.00. The molecule has 1 amide bonds. The van der Waals surface area contributed by atoms with Crippen LogP contribution in [0.2, 0.25) is 0 Å². The van der Waals surface area contributed by atoms with Gasteiger partial charge in [0.2, 0.25) is 11.9 Å². The zero-order chi connectivity index (χ0) is 19.8. The summed E-state index contributed by atoms with van der Waals surface area (Å²) < 4.78 is 14.9. The Morgan fingerprint density at radius 2 is 1.52 bits per heavy atom. The maximum atomic E-state index is 12.3. The van der Waals surface area contributed by atoms with E-state index in [1.807, 2.05) is 36.4 Å². The SMILES string of the molecule is CCOC(=O)C(NC(=O)Cc1ccc2cc(OC)ccc2c1)C(=O)OCC. The molecule has 0 aliphatic heterocycles. The Hall–Kier alpha value is -3.09. The molecule has 0 aliphatic rings. The first-order valence-corrected chi connectivity index (χ1v) is 8.67. The third kappa shape index (κ3) is 5.44. The van der Waals surface area contributed by atoms with Crippen LogP contribution in [-0.4, -0.2) is 44.2 Å². The first-order valence-electron chi connectivity index (χ1n) is 8.67. The van der Waals surface area contributed by atoms with Gasteiger partial charge in [-0.2, -0.15) is 0 Å². The van der Waals surface area contributed by atoms with Crippen molar-refractivity contribution in [2.75, 3.05) is 20.3 Å². The smallest absolute Gasteiger partial charge is 0.340 e. The predicted molar refractivity (Wildman–Crippen MR) is 99.4 cm³/mol. The quantitative estimate of drug-likeness (QED) is 0.562. The molecule has 7 nitrogen and oxygen atoms in total. The van der Waals surface area contributed by atoms with E-state index < -0.39 is 23.9 Å². The number of benzene rings is 2. The fraction of sp³-hybridized carbons (Fsp3) is 0.350. The number of ether oxygens (including phenoxy) is 3. The van der Waals surface area contributed by atoms with Gasteiger partial charge in [0.1, 0.15) is 5.75 Å². The molecule has 0 aliphatic carbocycles. The average molecular weight is 373 g/mol. The third-order valence-corrected chi connectivity index (χ3v) is 3.83. The second kappa shape index (κ2) is 9.56. The number of fused-ring (bicyclic) bond motifs is 1. The zero-order valence-corrected chi connectivity index (χ0v) is 15.6. The van der Waals surface area contributed by atoms with Gasteiger partial charge >= 0.3 is 11.9 Å². The molecule has 0 bridgehead atoms. The lowest BCUT2D eigenvalue weighted by Gasteiger charge is -2.16. The van der Waals surface area contributed by atoms with E-state index in [1.165, 1.54) is 0 Å². The van der Waals surface area contributed by atoms with Gasteiger partial charge in [-0.15, -0.1) is 0 Å². The molecule has 0 aromatic heterocycles. The van der Waals surface area contributed by atoms with Crippen LogP contribution in [0.4, 0.5) is 0 Å². The summed E-state index contributed by atoms with van der Waals surface area (Å²) in [7, 11) is 1.60. The second-order valence-corrected chi connectivity index (χ2v) is 5.73. The molecule has 0 unspecified atom stereocenters. The summed E-state index contributed by atoms with van der Waals surface area (Å²) in [6, 6.07) is 9.73. The Morgan fingerprint density at radius 1 is 0.926 bits per heavy atom. The van der Waals surface area contributed by atoms with Crippen LogP contribution in [0.25, 0.3) is 10.8 Å². The molecule has 2 rings (SSSR count). The monoisotopic (exact) mass is 373 g/mol. The van der Waals surface area contributed by atoms with E-state index in [9.17, 15) is 14.4 Å². The summed E-state index contributed by atoms with van der Waals surface area (Å²) in [6.07, 6.45) is 0.0112. The van der Waals surface area contributed by atoms with Gasteiger partial charge in [0.25, 0.3) is 0 Å². The van der Waals surface area contributed by atoms with E-state index in [2.05, 4.69) is 5.32 Å². The Balaban J connectivity index is 2.10. The van der Waals surface area contributed by atoms with Crippen LogP contribution >= 0.6 is 0 Å². The fourth-order valence-electron chi connectivity index (χ4n) is 2.57. The van der Waals surface area contributed by atoms with Crippen molar-refractivity contribution in [2.45, 2.75) is 26.3 Å². The van der Waals surface area contributed by atoms with Crippen molar-refractivity contribution in [3.63, 3.8) is 0 Å². The van der Waals surface area contributed by atoms with Crippen LogP contribution < -0.4 is 10.1 Å². The number of carbonyl (C=O) groups excluding carboxylic acids is 3. The van der Waals surface area contributed by atoms with Gasteiger partial charge in [-0.3, -0.25) is 4.79 Å². The van der Waals surface area contributed by atoms with Crippen LogP contribution in [0.3, 0.4) is 0 Å². The van der Waals surface area contributed by atoms with E-state index in [0.717, 1.165) is 22.1 Å². The van der Waals surface area contributed by atoms with E-state index in [-0.39, 0.29) is 19.6 Å². The Kier molecular flexibility index (Phi) is 7.16. The first-order chi connectivity index (χ1) is 13.0. The first kappa shape index (κ1) is 20.2. The fourth-order valence-corrected chi connectivity index (χ4v) is 2.57. The molecule has 7 heteroatoms. The molecule has 144 valence electrons. The third-order valence-electron chi connectivity index (χ3n) is 3.83. The van der Waals surface area contributed by atoms with Crippen LogP contribution in [0.15, 0.2) is 36.4 Å². The van der Waals surface area contributed by atoms with Crippen molar-refractivity contribution in [2.24, 2.45) is 0 Å². The Labute approximate surface area is 157 Å².